The summed E-state index contributed by atoms with van der Waals surface area (Å²) in [6.45, 7) is 5.77. The number of hydrogen-bond acceptors (Lipinski definition) is 2. The first kappa shape index (κ1) is 13.6. The molecule has 1 heterocycles. The average molecular weight is 268 g/mol. The second kappa shape index (κ2) is 5.55. The molecule has 1 N–H and O–H groups in total. The van der Waals surface area contributed by atoms with E-state index in [1.165, 1.54) is 42.3 Å². The molecule has 1 saturated heterocycles. The van der Waals surface area contributed by atoms with E-state index in [1.54, 1.807) is 0 Å². The smallest absolute Gasteiger partial charge is 0.0239 e. The Bertz CT molecular complexity index is 577. The molecule has 0 bridgehead atoms. The molecule has 2 heteroatoms. The zero-order valence-corrected chi connectivity index (χ0v) is 12.5. The highest BCUT2D eigenvalue weighted by Gasteiger charge is 2.28. The number of nitrogens with one attached hydrogen (secondary N) is 1. The molecule has 1 aliphatic rings. The summed E-state index contributed by atoms with van der Waals surface area (Å²) in [7, 11) is 2.08. The second-order valence-electron chi connectivity index (χ2n) is 6.23. The van der Waals surface area contributed by atoms with Gasteiger partial charge in [-0.25, -0.2) is 0 Å². The Morgan fingerprint density at radius 3 is 2.50 bits per heavy atom. The Balaban J connectivity index is 1.75. The van der Waals surface area contributed by atoms with Crippen LogP contribution in [-0.2, 0) is 6.54 Å². The van der Waals surface area contributed by atoms with E-state index in [4.69, 9.17) is 0 Å². The second-order valence-corrected chi connectivity index (χ2v) is 6.23. The summed E-state index contributed by atoms with van der Waals surface area (Å²) < 4.78 is 0. The molecule has 0 spiro atoms. The van der Waals surface area contributed by atoms with E-state index in [1.807, 2.05) is 0 Å². The highest BCUT2D eigenvalue weighted by Crippen LogP contribution is 2.25. The van der Waals surface area contributed by atoms with Crippen molar-refractivity contribution in [3.63, 3.8) is 0 Å². The Morgan fingerprint density at radius 1 is 1.05 bits per heavy atom. The van der Waals surface area contributed by atoms with Crippen molar-refractivity contribution in [2.75, 3.05) is 20.1 Å². The van der Waals surface area contributed by atoms with Crippen molar-refractivity contribution in [3.8, 4) is 0 Å². The summed E-state index contributed by atoms with van der Waals surface area (Å²) in [4.78, 5) is 2.58. The first-order chi connectivity index (χ1) is 9.70. The van der Waals surface area contributed by atoms with Gasteiger partial charge in [-0.1, -0.05) is 42.5 Å². The Morgan fingerprint density at radius 2 is 1.75 bits per heavy atom. The van der Waals surface area contributed by atoms with Crippen molar-refractivity contribution < 1.29 is 0 Å². The fourth-order valence-electron chi connectivity index (χ4n) is 3.13. The standard InChI is InChI=1S/C18H24N2/c1-18(19-2)10-12-20(13-11-18)14-16-8-5-7-15-6-3-4-9-17(15)16/h3-9,19H,10-14H2,1-2H3. The van der Waals surface area contributed by atoms with Gasteiger partial charge in [-0.3, -0.25) is 4.90 Å². The molecule has 106 valence electrons. The Kier molecular flexibility index (Phi) is 3.77. The van der Waals surface area contributed by atoms with Crippen molar-refractivity contribution >= 4 is 10.8 Å². The van der Waals surface area contributed by atoms with E-state index in [0.29, 0.717) is 5.54 Å². The quantitative estimate of drug-likeness (QED) is 0.917. The molecular formula is C18H24N2. The summed E-state index contributed by atoms with van der Waals surface area (Å²) in [6, 6.07) is 15.4. The lowest BCUT2D eigenvalue weighted by Crippen LogP contribution is -2.49. The Labute approximate surface area is 121 Å². The highest BCUT2D eigenvalue weighted by molar-refractivity contribution is 5.85. The van der Waals surface area contributed by atoms with Crippen molar-refractivity contribution in [2.24, 2.45) is 0 Å². The highest BCUT2D eigenvalue weighted by atomic mass is 15.1. The van der Waals surface area contributed by atoms with Crippen LogP contribution in [0, 0.1) is 0 Å². The number of piperidine rings is 1. The van der Waals surface area contributed by atoms with E-state index < -0.39 is 0 Å². The molecule has 1 fully saturated rings. The van der Waals surface area contributed by atoms with Gasteiger partial charge in [-0.2, -0.15) is 0 Å². The van der Waals surface area contributed by atoms with Crippen LogP contribution in [0.1, 0.15) is 25.3 Å². The third kappa shape index (κ3) is 2.72. The topological polar surface area (TPSA) is 15.3 Å². The molecule has 0 aromatic heterocycles. The largest absolute Gasteiger partial charge is 0.314 e. The van der Waals surface area contributed by atoms with Gasteiger partial charge >= 0.3 is 0 Å². The predicted octanol–water partition coefficient (Wildman–Crippen LogP) is 3.41. The molecule has 0 amide bonds. The first-order valence-corrected chi connectivity index (χ1v) is 7.58. The summed E-state index contributed by atoms with van der Waals surface area (Å²) >= 11 is 0. The molecule has 20 heavy (non-hydrogen) atoms. The minimum Gasteiger partial charge on any atom is -0.314 e. The molecule has 0 aliphatic carbocycles. The van der Waals surface area contributed by atoms with Crippen LogP contribution in [0.15, 0.2) is 42.5 Å². The van der Waals surface area contributed by atoms with Crippen LogP contribution >= 0.6 is 0 Å². The zero-order chi connectivity index (χ0) is 14.0. The number of rotatable bonds is 3. The molecule has 0 atom stereocenters. The summed E-state index contributed by atoms with van der Waals surface area (Å²) in [5.41, 5.74) is 1.78. The zero-order valence-electron chi connectivity index (χ0n) is 12.5. The molecule has 0 radical (unpaired) electrons. The maximum atomic E-state index is 3.47. The minimum atomic E-state index is 0.329. The molecule has 2 aromatic rings. The average Bonchev–Trinajstić information content (AvgIpc) is 2.50. The predicted molar refractivity (Wildman–Crippen MR) is 85.9 cm³/mol. The molecular weight excluding hydrogens is 244 g/mol. The third-order valence-corrected chi connectivity index (χ3v) is 4.84. The third-order valence-electron chi connectivity index (χ3n) is 4.84. The maximum Gasteiger partial charge on any atom is 0.0239 e. The number of benzene rings is 2. The fourth-order valence-corrected chi connectivity index (χ4v) is 3.13. The summed E-state index contributed by atoms with van der Waals surface area (Å²) in [5.74, 6) is 0. The molecule has 3 rings (SSSR count). The van der Waals surface area contributed by atoms with Gasteiger partial charge in [0.1, 0.15) is 0 Å². The van der Waals surface area contributed by atoms with Crippen molar-refractivity contribution in [1.82, 2.24) is 10.2 Å². The van der Waals surface area contributed by atoms with Gasteiger partial charge in [0.15, 0.2) is 0 Å². The van der Waals surface area contributed by atoms with Gasteiger partial charge in [-0.05, 0) is 43.1 Å². The van der Waals surface area contributed by atoms with Gasteiger partial charge in [-0.15, -0.1) is 0 Å². The maximum absolute atomic E-state index is 3.47. The van der Waals surface area contributed by atoms with E-state index in [9.17, 15) is 0 Å². The molecule has 2 aromatic carbocycles. The summed E-state index contributed by atoms with van der Waals surface area (Å²) in [6.07, 6.45) is 2.46. The van der Waals surface area contributed by atoms with Gasteiger partial charge in [0, 0.05) is 25.2 Å². The van der Waals surface area contributed by atoms with E-state index in [2.05, 4.69) is 66.7 Å². The van der Waals surface area contributed by atoms with E-state index in [0.717, 1.165) is 6.54 Å². The SMILES string of the molecule is CNC1(C)CCN(Cc2cccc3ccccc23)CC1. The minimum absolute atomic E-state index is 0.329. The number of hydrogen-bond donors (Lipinski definition) is 1. The normalized spacial score (nSPS) is 19.3. The molecule has 1 aliphatic heterocycles. The summed E-state index contributed by atoms with van der Waals surface area (Å²) in [5, 5.41) is 6.22. The first-order valence-electron chi connectivity index (χ1n) is 7.58. The Hall–Kier alpha value is -1.38. The van der Waals surface area contributed by atoms with Gasteiger partial charge < -0.3 is 5.32 Å². The number of nitrogens with zero attached hydrogens (tertiary/aromatic N) is 1. The van der Waals surface area contributed by atoms with E-state index in [-0.39, 0.29) is 0 Å². The van der Waals surface area contributed by atoms with Gasteiger partial charge in [0.05, 0.1) is 0 Å². The van der Waals surface area contributed by atoms with Crippen molar-refractivity contribution in [2.45, 2.75) is 31.8 Å². The van der Waals surface area contributed by atoms with Crippen LogP contribution in [0.25, 0.3) is 10.8 Å². The lowest BCUT2D eigenvalue weighted by molar-refractivity contribution is 0.147. The number of likely N-dealkylation sites (tertiary alicyclic amines) is 1. The molecule has 2 nitrogen and oxygen atoms in total. The lowest BCUT2D eigenvalue weighted by atomic mass is 9.89. The van der Waals surface area contributed by atoms with Gasteiger partial charge in [0.2, 0.25) is 0 Å². The van der Waals surface area contributed by atoms with Crippen LogP contribution in [0.2, 0.25) is 0 Å². The van der Waals surface area contributed by atoms with Crippen molar-refractivity contribution in [3.05, 3.63) is 48.0 Å². The molecule has 0 unspecified atom stereocenters. The molecule has 0 saturated carbocycles. The van der Waals surface area contributed by atoms with Crippen molar-refractivity contribution in [1.29, 1.82) is 0 Å². The van der Waals surface area contributed by atoms with Crippen LogP contribution in [0.5, 0.6) is 0 Å². The number of fused-ring (bicyclic) bond motifs is 1. The lowest BCUT2D eigenvalue weighted by Gasteiger charge is -2.39. The fraction of sp³-hybridized carbons (Fsp3) is 0.444. The van der Waals surface area contributed by atoms with Crippen LogP contribution < -0.4 is 5.32 Å². The van der Waals surface area contributed by atoms with Crippen LogP contribution in [0.3, 0.4) is 0 Å². The van der Waals surface area contributed by atoms with Crippen LogP contribution in [0.4, 0.5) is 0 Å². The monoisotopic (exact) mass is 268 g/mol. The van der Waals surface area contributed by atoms with Gasteiger partial charge in [0.25, 0.3) is 0 Å². The van der Waals surface area contributed by atoms with E-state index >= 15 is 0 Å². The van der Waals surface area contributed by atoms with Crippen LogP contribution in [-0.4, -0.2) is 30.6 Å².